The molecule has 0 atom stereocenters. The highest BCUT2D eigenvalue weighted by molar-refractivity contribution is 6.32. The van der Waals surface area contributed by atoms with Gasteiger partial charge >= 0.3 is 5.97 Å². The fourth-order valence-corrected chi connectivity index (χ4v) is 1.38. The van der Waals surface area contributed by atoms with Crippen molar-refractivity contribution < 1.29 is 9.53 Å². The lowest BCUT2D eigenvalue weighted by Gasteiger charge is -2.00. The third kappa shape index (κ3) is 3.11. The summed E-state index contributed by atoms with van der Waals surface area (Å²) in [5.41, 5.74) is 0.952. The van der Waals surface area contributed by atoms with E-state index in [1.165, 1.54) is 12.2 Å². The Morgan fingerprint density at radius 1 is 1.62 bits per heavy atom. The zero-order valence-corrected chi connectivity index (χ0v) is 9.49. The largest absolute Gasteiger partial charge is 0.463 e. The van der Waals surface area contributed by atoms with Crippen molar-refractivity contribution in [2.24, 2.45) is 0 Å². The van der Waals surface area contributed by atoms with E-state index in [4.69, 9.17) is 21.6 Å². The number of benzene rings is 1. The molecule has 82 valence electrons. The highest BCUT2D eigenvalue weighted by Crippen LogP contribution is 2.20. The molecule has 0 heterocycles. The van der Waals surface area contributed by atoms with Crippen LogP contribution in [0.15, 0.2) is 24.3 Å². The van der Waals surface area contributed by atoms with Crippen LogP contribution in [-0.2, 0) is 9.53 Å². The minimum atomic E-state index is -0.452. The van der Waals surface area contributed by atoms with Gasteiger partial charge in [-0.3, -0.25) is 0 Å². The number of hydrogen-bond donors (Lipinski definition) is 0. The fourth-order valence-electron chi connectivity index (χ4n) is 1.15. The molecule has 1 rings (SSSR count). The summed E-state index contributed by atoms with van der Waals surface area (Å²) < 4.78 is 4.73. The van der Waals surface area contributed by atoms with E-state index < -0.39 is 5.97 Å². The molecule has 0 aliphatic carbocycles. The number of halogens is 1. The van der Waals surface area contributed by atoms with Gasteiger partial charge in [0, 0.05) is 16.7 Å². The molecular weight excluding hydrogens is 226 g/mol. The molecule has 0 saturated carbocycles. The molecule has 0 saturated heterocycles. The maximum atomic E-state index is 11.1. The zero-order chi connectivity index (χ0) is 12.0. The molecule has 0 spiro atoms. The summed E-state index contributed by atoms with van der Waals surface area (Å²) in [5, 5.41) is 9.28. The fraction of sp³-hybridized carbons (Fsp3) is 0.167. The Hall–Kier alpha value is -1.79. The van der Waals surface area contributed by atoms with Crippen LogP contribution in [0.4, 0.5) is 0 Å². The maximum Gasteiger partial charge on any atom is 0.330 e. The van der Waals surface area contributed by atoms with Crippen LogP contribution >= 0.6 is 11.6 Å². The molecule has 0 N–H and O–H groups in total. The van der Waals surface area contributed by atoms with Gasteiger partial charge in [0.1, 0.15) is 0 Å². The van der Waals surface area contributed by atoms with Crippen molar-refractivity contribution in [3.05, 3.63) is 40.4 Å². The van der Waals surface area contributed by atoms with Gasteiger partial charge in [-0.05, 0) is 25.1 Å². The molecule has 0 radical (unpaired) electrons. The second kappa shape index (κ2) is 5.94. The van der Waals surface area contributed by atoms with E-state index in [1.807, 2.05) is 6.07 Å². The van der Waals surface area contributed by atoms with E-state index in [1.54, 1.807) is 25.1 Å². The monoisotopic (exact) mass is 235 g/mol. The molecule has 0 aromatic heterocycles. The summed E-state index contributed by atoms with van der Waals surface area (Å²) in [4.78, 5) is 11.1. The van der Waals surface area contributed by atoms with Gasteiger partial charge in [0.15, 0.2) is 0 Å². The number of carbonyl (C=O) groups excluding carboxylic acids is 1. The first-order chi connectivity index (χ1) is 7.69. The summed E-state index contributed by atoms with van der Waals surface area (Å²) >= 11 is 5.91. The molecule has 1 aromatic rings. The van der Waals surface area contributed by atoms with Gasteiger partial charge in [0.05, 0.1) is 18.2 Å². The zero-order valence-electron chi connectivity index (χ0n) is 8.74. The Balaban J connectivity index is 2.97. The van der Waals surface area contributed by atoms with E-state index in [9.17, 15) is 4.79 Å². The topological polar surface area (TPSA) is 50.1 Å². The number of rotatable bonds is 3. The van der Waals surface area contributed by atoms with Crippen molar-refractivity contribution in [2.45, 2.75) is 6.92 Å². The van der Waals surface area contributed by atoms with Crippen LogP contribution in [-0.4, -0.2) is 12.6 Å². The first kappa shape index (κ1) is 12.3. The molecule has 0 aliphatic heterocycles. The standard InChI is InChI=1S/C12H10ClNO2/c1-2-16-12(15)7-6-10-9(8-14)4-3-5-11(10)13/h3-7H,2H2,1H3/b7-6+. The van der Waals surface area contributed by atoms with Gasteiger partial charge in [0.2, 0.25) is 0 Å². The van der Waals surface area contributed by atoms with Crippen LogP contribution in [0.1, 0.15) is 18.1 Å². The molecule has 0 unspecified atom stereocenters. The first-order valence-electron chi connectivity index (χ1n) is 4.72. The van der Waals surface area contributed by atoms with Gasteiger partial charge < -0.3 is 4.74 Å². The van der Waals surface area contributed by atoms with E-state index in [0.717, 1.165) is 0 Å². The lowest BCUT2D eigenvalue weighted by molar-refractivity contribution is -0.137. The molecule has 16 heavy (non-hydrogen) atoms. The van der Waals surface area contributed by atoms with Crippen molar-refractivity contribution >= 4 is 23.6 Å². The van der Waals surface area contributed by atoms with Crippen molar-refractivity contribution in [1.29, 1.82) is 5.26 Å². The lowest BCUT2D eigenvalue weighted by Crippen LogP contribution is -1.98. The highest BCUT2D eigenvalue weighted by Gasteiger charge is 2.03. The molecule has 0 fully saturated rings. The van der Waals surface area contributed by atoms with Crippen LogP contribution in [0.5, 0.6) is 0 Å². The molecule has 0 bridgehead atoms. The Labute approximate surface area is 98.9 Å². The van der Waals surface area contributed by atoms with Crippen molar-refractivity contribution in [1.82, 2.24) is 0 Å². The molecule has 0 aliphatic rings. The Morgan fingerprint density at radius 3 is 3.00 bits per heavy atom. The SMILES string of the molecule is CCOC(=O)/C=C/c1c(Cl)cccc1C#N. The number of nitriles is 1. The second-order valence-electron chi connectivity index (χ2n) is 2.90. The number of esters is 1. The number of hydrogen-bond acceptors (Lipinski definition) is 3. The molecule has 4 heteroatoms. The summed E-state index contributed by atoms with van der Waals surface area (Å²) in [6, 6.07) is 6.98. The number of ether oxygens (including phenoxy) is 1. The molecule has 1 aromatic carbocycles. The van der Waals surface area contributed by atoms with E-state index in [-0.39, 0.29) is 0 Å². The minimum absolute atomic E-state index is 0.316. The number of carbonyl (C=O) groups is 1. The van der Waals surface area contributed by atoms with Crippen LogP contribution in [0.25, 0.3) is 6.08 Å². The first-order valence-corrected chi connectivity index (χ1v) is 5.10. The Kier molecular flexibility index (Phi) is 4.56. The van der Waals surface area contributed by atoms with Gasteiger partial charge in [-0.1, -0.05) is 17.7 Å². The summed E-state index contributed by atoms with van der Waals surface area (Å²) in [7, 11) is 0. The lowest BCUT2D eigenvalue weighted by atomic mass is 10.1. The number of nitrogens with zero attached hydrogens (tertiary/aromatic N) is 1. The predicted molar refractivity (Wildman–Crippen MR) is 61.8 cm³/mol. The third-order valence-electron chi connectivity index (χ3n) is 1.85. The predicted octanol–water partition coefficient (Wildman–Crippen LogP) is 2.79. The van der Waals surface area contributed by atoms with E-state index >= 15 is 0 Å². The van der Waals surface area contributed by atoms with E-state index in [0.29, 0.717) is 22.8 Å². The van der Waals surface area contributed by atoms with Crippen molar-refractivity contribution in [3.8, 4) is 6.07 Å². The van der Waals surface area contributed by atoms with Crippen LogP contribution in [0.2, 0.25) is 5.02 Å². The Bertz CT molecular complexity index is 461. The smallest absolute Gasteiger partial charge is 0.330 e. The average molecular weight is 236 g/mol. The van der Waals surface area contributed by atoms with Crippen LogP contribution in [0, 0.1) is 11.3 Å². The quantitative estimate of drug-likeness (QED) is 0.598. The van der Waals surface area contributed by atoms with Crippen LogP contribution in [0.3, 0.4) is 0 Å². The Morgan fingerprint density at radius 2 is 2.38 bits per heavy atom. The van der Waals surface area contributed by atoms with Crippen LogP contribution < -0.4 is 0 Å². The average Bonchev–Trinajstić information content (AvgIpc) is 2.27. The summed E-state index contributed by atoms with van der Waals surface area (Å²) in [6.45, 7) is 2.04. The molecular formula is C12H10ClNO2. The van der Waals surface area contributed by atoms with Crippen molar-refractivity contribution in [2.75, 3.05) is 6.61 Å². The maximum absolute atomic E-state index is 11.1. The van der Waals surface area contributed by atoms with Gasteiger partial charge in [0.25, 0.3) is 0 Å². The second-order valence-corrected chi connectivity index (χ2v) is 3.31. The summed E-state index contributed by atoms with van der Waals surface area (Å²) in [5.74, 6) is -0.452. The normalized spacial score (nSPS) is 10.1. The van der Waals surface area contributed by atoms with E-state index in [2.05, 4.69) is 0 Å². The van der Waals surface area contributed by atoms with Crippen molar-refractivity contribution in [3.63, 3.8) is 0 Å². The van der Waals surface area contributed by atoms with Gasteiger partial charge in [-0.2, -0.15) is 5.26 Å². The summed E-state index contributed by atoms with van der Waals surface area (Å²) in [6.07, 6.45) is 2.74. The minimum Gasteiger partial charge on any atom is -0.463 e. The third-order valence-corrected chi connectivity index (χ3v) is 2.18. The van der Waals surface area contributed by atoms with Gasteiger partial charge in [-0.25, -0.2) is 4.79 Å². The van der Waals surface area contributed by atoms with Gasteiger partial charge in [-0.15, -0.1) is 0 Å². The molecule has 3 nitrogen and oxygen atoms in total. The molecule has 0 amide bonds. The highest BCUT2D eigenvalue weighted by atomic mass is 35.5.